The van der Waals surface area contributed by atoms with E-state index in [1.807, 2.05) is 0 Å². The lowest BCUT2D eigenvalue weighted by Gasteiger charge is -2.24. The molecular weight excluding hydrogens is 276 g/mol. The maximum atomic E-state index is 6.21. The van der Waals surface area contributed by atoms with Gasteiger partial charge in [0.05, 0.1) is 0 Å². The van der Waals surface area contributed by atoms with Gasteiger partial charge in [0.1, 0.15) is 23.7 Å². The maximum absolute atomic E-state index is 6.21. The summed E-state index contributed by atoms with van der Waals surface area (Å²) >= 11 is 0. The van der Waals surface area contributed by atoms with Crippen molar-refractivity contribution < 1.29 is 9.47 Å². The second-order valence-electron chi connectivity index (χ2n) is 7.31. The van der Waals surface area contributed by atoms with Crippen molar-refractivity contribution in [1.29, 1.82) is 0 Å². The van der Waals surface area contributed by atoms with Crippen LogP contribution >= 0.6 is 0 Å². The second kappa shape index (κ2) is 5.14. The van der Waals surface area contributed by atoms with Crippen LogP contribution < -0.4 is 15.2 Å². The molecule has 1 aromatic rings. The van der Waals surface area contributed by atoms with Crippen molar-refractivity contribution in [3.8, 4) is 11.5 Å². The summed E-state index contributed by atoms with van der Waals surface area (Å²) in [6.07, 6.45) is 3.65. The molecule has 1 aromatic carbocycles. The van der Waals surface area contributed by atoms with Gasteiger partial charge in [0, 0.05) is 42.1 Å². The molecular formula is C18H26N2O2. The summed E-state index contributed by atoms with van der Waals surface area (Å²) in [5, 5.41) is 0. The molecule has 0 radical (unpaired) electrons. The van der Waals surface area contributed by atoms with Crippen molar-refractivity contribution in [1.82, 2.24) is 4.90 Å². The van der Waals surface area contributed by atoms with Gasteiger partial charge < -0.3 is 15.2 Å². The number of likely N-dealkylation sites (tertiary alicyclic amines) is 1. The standard InChI is InChI=1S/C18H26N2O2/c1-10-4-13-7-16-14(5-11(2)21-16)17(18(13)22-10)15-6-12(8-19)9-20(15)3/h7,10-12,15H,4-6,8-9,19H2,1-3H3. The largest absolute Gasteiger partial charge is 0.490 e. The number of hydrogen-bond donors (Lipinski definition) is 1. The first kappa shape index (κ1) is 14.3. The van der Waals surface area contributed by atoms with E-state index in [-0.39, 0.29) is 12.2 Å². The number of fused-ring (bicyclic) bond motifs is 2. The molecule has 2 N–H and O–H groups in total. The average molecular weight is 302 g/mol. The highest BCUT2D eigenvalue weighted by Gasteiger charge is 2.39. The van der Waals surface area contributed by atoms with Crippen molar-refractivity contribution in [2.75, 3.05) is 20.1 Å². The van der Waals surface area contributed by atoms with Crippen LogP contribution in [0.2, 0.25) is 0 Å². The van der Waals surface area contributed by atoms with Gasteiger partial charge in [0.15, 0.2) is 0 Å². The van der Waals surface area contributed by atoms with E-state index in [0.29, 0.717) is 12.0 Å². The zero-order valence-electron chi connectivity index (χ0n) is 13.8. The predicted molar refractivity (Wildman–Crippen MR) is 86.6 cm³/mol. The van der Waals surface area contributed by atoms with Gasteiger partial charge in [-0.05, 0) is 45.8 Å². The number of rotatable bonds is 2. The Kier molecular flexibility index (Phi) is 3.35. The van der Waals surface area contributed by atoms with Crippen LogP contribution in [-0.4, -0.2) is 37.2 Å². The predicted octanol–water partition coefficient (Wildman–Crippen LogP) is 2.28. The number of hydrogen-bond acceptors (Lipinski definition) is 4. The molecule has 4 atom stereocenters. The van der Waals surface area contributed by atoms with Crippen LogP contribution in [0.1, 0.15) is 43.0 Å². The fourth-order valence-electron chi connectivity index (χ4n) is 4.42. The quantitative estimate of drug-likeness (QED) is 0.910. The Morgan fingerprint density at radius 2 is 2.00 bits per heavy atom. The van der Waals surface area contributed by atoms with Crippen LogP contribution in [-0.2, 0) is 12.8 Å². The van der Waals surface area contributed by atoms with E-state index < -0.39 is 0 Å². The Balaban J connectivity index is 1.81. The first-order valence-corrected chi connectivity index (χ1v) is 8.49. The molecule has 120 valence electrons. The molecule has 4 nitrogen and oxygen atoms in total. The fourth-order valence-corrected chi connectivity index (χ4v) is 4.42. The van der Waals surface area contributed by atoms with Crippen molar-refractivity contribution in [3.63, 3.8) is 0 Å². The van der Waals surface area contributed by atoms with Crippen molar-refractivity contribution in [2.45, 2.75) is 51.4 Å². The van der Waals surface area contributed by atoms with Crippen molar-refractivity contribution in [3.05, 3.63) is 22.8 Å². The Hall–Kier alpha value is -1.26. The third-order valence-corrected chi connectivity index (χ3v) is 5.41. The molecule has 4 rings (SSSR count). The summed E-state index contributed by atoms with van der Waals surface area (Å²) in [5.74, 6) is 2.81. The lowest BCUT2D eigenvalue weighted by Crippen LogP contribution is -2.21. The molecule has 3 aliphatic heterocycles. The third kappa shape index (κ3) is 2.12. The van der Waals surface area contributed by atoms with Gasteiger partial charge in [0.2, 0.25) is 0 Å². The van der Waals surface area contributed by atoms with E-state index in [9.17, 15) is 0 Å². The van der Waals surface area contributed by atoms with Gasteiger partial charge >= 0.3 is 0 Å². The van der Waals surface area contributed by atoms with Crippen LogP contribution in [0, 0.1) is 5.92 Å². The summed E-state index contributed by atoms with van der Waals surface area (Å²) < 4.78 is 12.3. The lowest BCUT2D eigenvalue weighted by atomic mass is 9.90. The minimum atomic E-state index is 0.269. The molecule has 0 saturated carbocycles. The normalized spacial score (nSPS) is 33.5. The monoisotopic (exact) mass is 302 g/mol. The summed E-state index contributed by atoms with van der Waals surface area (Å²) in [4.78, 5) is 2.45. The summed E-state index contributed by atoms with van der Waals surface area (Å²) in [5.41, 5.74) is 10.0. The molecule has 1 fully saturated rings. The lowest BCUT2D eigenvalue weighted by molar-refractivity contribution is 0.242. The second-order valence-corrected chi connectivity index (χ2v) is 7.31. The number of nitrogens with two attached hydrogens (primary N) is 1. The van der Waals surface area contributed by atoms with E-state index in [1.54, 1.807) is 0 Å². The minimum absolute atomic E-state index is 0.269. The first-order chi connectivity index (χ1) is 10.6. The van der Waals surface area contributed by atoms with Crippen LogP contribution in [0.25, 0.3) is 0 Å². The number of benzene rings is 1. The van der Waals surface area contributed by atoms with Gasteiger partial charge in [-0.3, -0.25) is 4.90 Å². The molecule has 0 bridgehead atoms. The van der Waals surface area contributed by atoms with Gasteiger partial charge in [0.25, 0.3) is 0 Å². The molecule has 1 saturated heterocycles. The van der Waals surface area contributed by atoms with E-state index in [4.69, 9.17) is 15.2 Å². The molecule has 4 heteroatoms. The Morgan fingerprint density at radius 3 is 2.73 bits per heavy atom. The Bertz CT molecular complexity index is 565. The maximum Gasteiger partial charge on any atom is 0.128 e. The van der Waals surface area contributed by atoms with Crippen LogP contribution in [0.3, 0.4) is 0 Å². The molecule has 0 aliphatic carbocycles. The highest BCUT2D eigenvalue weighted by Crippen LogP contribution is 2.49. The Labute approximate surface area is 132 Å². The van der Waals surface area contributed by atoms with Gasteiger partial charge in [-0.25, -0.2) is 0 Å². The summed E-state index contributed by atoms with van der Waals surface area (Å²) in [6.45, 7) is 6.15. The Morgan fingerprint density at radius 1 is 1.23 bits per heavy atom. The third-order valence-electron chi connectivity index (χ3n) is 5.41. The molecule has 3 aliphatic rings. The van der Waals surface area contributed by atoms with Gasteiger partial charge in [-0.1, -0.05) is 0 Å². The van der Waals surface area contributed by atoms with Crippen LogP contribution in [0.15, 0.2) is 6.07 Å². The molecule has 0 spiro atoms. The summed E-state index contributed by atoms with van der Waals surface area (Å²) in [6, 6.07) is 2.63. The van der Waals surface area contributed by atoms with Gasteiger partial charge in [-0.15, -0.1) is 0 Å². The topological polar surface area (TPSA) is 47.7 Å². The zero-order valence-corrected chi connectivity index (χ0v) is 13.8. The summed E-state index contributed by atoms with van der Waals surface area (Å²) in [7, 11) is 2.21. The van der Waals surface area contributed by atoms with E-state index in [1.165, 1.54) is 16.7 Å². The van der Waals surface area contributed by atoms with Crippen molar-refractivity contribution in [2.24, 2.45) is 11.7 Å². The van der Waals surface area contributed by atoms with Crippen LogP contribution in [0.5, 0.6) is 11.5 Å². The average Bonchev–Trinajstić information content (AvgIpc) is 3.11. The molecule has 0 aromatic heterocycles. The molecule has 4 unspecified atom stereocenters. The highest BCUT2D eigenvalue weighted by atomic mass is 16.5. The minimum Gasteiger partial charge on any atom is -0.490 e. The zero-order chi connectivity index (χ0) is 15.4. The fraction of sp³-hybridized carbons (Fsp3) is 0.667. The van der Waals surface area contributed by atoms with E-state index in [2.05, 4.69) is 31.9 Å². The van der Waals surface area contributed by atoms with Crippen LogP contribution in [0.4, 0.5) is 0 Å². The smallest absolute Gasteiger partial charge is 0.128 e. The van der Waals surface area contributed by atoms with Gasteiger partial charge in [-0.2, -0.15) is 0 Å². The van der Waals surface area contributed by atoms with E-state index >= 15 is 0 Å². The van der Waals surface area contributed by atoms with Crippen molar-refractivity contribution >= 4 is 0 Å². The SMILES string of the molecule is CC1Cc2c(cc3c(c2C2CC(CN)CN2C)OC(C)C3)O1. The van der Waals surface area contributed by atoms with E-state index in [0.717, 1.165) is 43.9 Å². The molecule has 3 heterocycles. The number of ether oxygens (including phenoxy) is 2. The highest BCUT2D eigenvalue weighted by molar-refractivity contribution is 5.58. The number of nitrogens with zero attached hydrogens (tertiary/aromatic N) is 1. The molecule has 22 heavy (non-hydrogen) atoms. The molecule has 0 amide bonds. The first-order valence-electron chi connectivity index (χ1n) is 8.49.